The van der Waals surface area contributed by atoms with Crippen molar-refractivity contribution in [2.45, 2.75) is 32.4 Å². The molecule has 7 nitrogen and oxygen atoms in total. The molecule has 0 radical (unpaired) electrons. The number of nitriles is 1. The van der Waals surface area contributed by atoms with E-state index >= 15 is 0 Å². The van der Waals surface area contributed by atoms with Crippen LogP contribution in [-0.2, 0) is 14.9 Å². The zero-order valence-electron chi connectivity index (χ0n) is 13.0. The Labute approximate surface area is 131 Å². The van der Waals surface area contributed by atoms with Crippen molar-refractivity contribution in [1.29, 1.82) is 5.26 Å². The lowest BCUT2D eigenvalue weighted by Gasteiger charge is -2.35. The lowest BCUT2D eigenvalue weighted by atomic mass is 10.2. The summed E-state index contributed by atoms with van der Waals surface area (Å²) in [6, 6.07) is 5.25. The first-order valence-electron chi connectivity index (χ1n) is 7.14. The summed E-state index contributed by atoms with van der Waals surface area (Å²) in [6.07, 6.45) is -0.252. The van der Waals surface area contributed by atoms with Gasteiger partial charge in [-0.15, -0.1) is 0 Å². The third kappa shape index (κ3) is 3.50. The number of ether oxygens (including phenoxy) is 1. The Morgan fingerprint density at radius 3 is 2.86 bits per heavy atom. The fourth-order valence-electron chi connectivity index (χ4n) is 2.30. The van der Waals surface area contributed by atoms with E-state index in [2.05, 4.69) is 0 Å². The molecule has 0 N–H and O–H groups in total. The first kappa shape index (κ1) is 17.0. The molecular formula is C14H21N3O4S. The van der Waals surface area contributed by atoms with Crippen molar-refractivity contribution in [3.05, 3.63) is 23.7 Å². The molecule has 0 saturated carbocycles. The van der Waals surface area contributed by atoms with E-state index in [4.69, 9.17) is 14.4 Å². The minimum absolute atomic E-state index is 0.154. The van der Waals surface area contributed by atoms with Crippen LogP contribution in [-0.4, -0.2) is 49.8 Å². The molecule has 1 aromatic heterocycles. The Kier molecular flexibility index (Phi) is 5.24. The molecule has 1 saturated heterocycles. The lowest BCUT2D eigenvalue weighted by molar-refractivity contribution is -0.0162. The van der Waals surface area contributed by atoms with Crippen molar-refractivity contribution >= 4 is 10.2 Å². The van der Waals surface area contributed by atoms with E-state index in [9.17, 15) is 8.42 Å². The van der Waals surface area contributed by atoms with Gasteiger partial charge in [0.05, 0.1) is 19.1 Å². The third-order valence-corrected chi connectivity index (χ3v) is 5.88. The molecule has 1 aromatic rings. The van der Waals surface area contributed by atoms with E-state index in [1.165, 1.54) is 15.7 Å². The van der Waals surface area contributed by atoms with Crippen LogP contribution >= 0.6 is 0 Å². The highest BCUT2D eigenvalue weighted by Crippen LogP contribution is 2.26. The number of nitrogens with zero attached hydrogens (tertiary/aromatic N) is 3. The predicted molar refractivity (Wildman–Crippen MR) is 80.1 cm³/mol. The average molecular weight is 327 g/mol. The number of aryl methyl sites for hydroxylation is 1. The van der Waals surface area contributed by atoms with Gasteiger partial charge >= 0.3 is 0 Å². The highest BCUT2D eigenvalue weighted by Gasteiger charge is 2.35. The quantitative estimate of drug-likeness (QED) is 0.816. The van der Waals surface area contributed by atoms with Gasteiger partial charge in [0.1, 0.15) is 17.6 Å². The Balaban J connectivity index is 2.12. The minimum Gasteiger partial charge on any atom is -0.464 e. The molecule has 122 valence electrons. The van der Waals surface area contributed by atoms with Crippen molar-refractivity contribution < 1.29 is 17.6 Å². The van der Waals surface area contributed by atoms with E-state index in [-0.39, 0.29) is 19.0 Å². The predicted octanol–water partition coefficient (Wildman–Crippen LogP) is 1.44. The van der Waals surface area contributed by atoms with Crippen molar-refractivity contribution in [2.75, 3.05) is 26.7 Å². The Morgan fingerprint density at radius 1 is 1.55 bits per heavy atom. The largest absolute Gasteiger partial charge is 0.464 e. The molecule has 0 amide bonds. The molecule has 0 bridgehead atoms. The van der Waals surface area contributed by atoms with Crippen LogP contribution in [0.25, 0.3) is 0 Å². The second-order valence-electron chi connectivity index (χ2n) is 5.40. The van der Waals surface area contributed by atoms with Gasteiger partial charge in [0.15, 0.2) is 0 Å². The molecule has 2 rings (SSSR count). The number of furan rings is 1. The van der Waals surface area contributed by atoms with Gasteiger partial charge in [-0.05, 0) is 26.0 Å². The highest BCUT2D eigenvalue weighted by molar-refractivity contribution is 7.86. The lowest BCUT2D eigenvalue weighted by Crippen LogP contribution is -2.50. The second kappa shape index (κ2) is 6.79. The minimum atomic E-state index is -3.62. The van der Waals surface area contributed by atoms with Crippen molar-refractivity contribution in [1.82, 2.24) is 8.61 Å². The molecule has 1 aliphatic rings. The standard InChI is InChI=1S/C14H21N3O4S/c1-11(6-7-15)16(3)22(18,19)17-8-9-20-14(10-17)13-5-4-12(2)21-13/h4-5,11,14H,6,8-10H2,1-3H3/t11-,14+/m1/s1. The van der Waals surface area contributed by atoms with Crippen LogP contribution in [0.2, 0.25) is 0 Å². The fourth-order valence-corrected chi connectivity index (χ4v) is 3.83. The van der Waals surface area contributed by atoms with Crippen molar-refractivity contribution in [3.63, 3.8) is 0 Å². The Hall–Kier alpha value is -1.40. The molecule has 0 aliphatic carbocycles. The maximum Gasteiger partial charge on any atom is 0.282 e. The number of hydrogen-bond acceptors (Lipinski definition) is 5. The van der Waals surface area contributed by atoms with E-state index in [1.54, 1.807) is 13.0 Å². The maximum absolute atomic E-state index is 12.6. The molecule has 1 fully saturated rings. The summed E-state index contributed by atoms with van der Waals surface area (Å²) < 4.78 is 39.1. The summed E-state index contributed by atoms with van der Waals surface area (Å²) >= 11 is 0. The molecule has 2 atom stereocenters. The van der Waals surface area contributed by atoms with E-state index in [0.717, 1.165) is 5.76 Å². The van der Waals surface area contributed by atoms with Gasteiger partial charge in [-0.1, -0.05) is 0 Å². The first-order valence-corrected chi connectivity index (χ1v) is 8.54. The summed E-state index contributed by atoms with van der Waals surface area (Å²) in [4.78, 5) is 0. The normalized spacial score (nSPS) is 21.7. The topological polar surface area (TPSA) is 86.8 Å². The van der Waals surface area contributed by atoms with Crippen LogP contribution in [0.3, 0.4) is 0 Å². The number of hydrogen-bond donors (Lipinski definition) is 0. The van der Waals surface area contributed by atoms with Crippen LogP contribution in [0, 0.1) is 18.3 Å². The van der Waals surface area contributed by atoms with Gasteiger partial charge < -0.3 is 9.15 Å². The van der Waals surface area contributed by atoms with Crippen LogP contribution in [0.5, 0.6) is 0 Å². The Bertz CT molecular complexity index is 649. The van der Waals surface area contributed by atoms with Crippen molar-refractivity contribution in [3.8, 4) is 6.07 Å². The molecule has 22 heavy (non-hydrogen) atoms. The molecule has 0 spiro atoms. The third-order valence-electron chi connectivity index (χ3n) is 3.81. The van der Waals surface area contributed by atoms with Gasteiger partial charge in [0, 0.05) is 26.2 Å². The average Bonchev–Trinajstić information content (AvgIpc) is 2.93. The van der Waals surface area contributed by atoms with Gasteiger partial charge in [0.25, 0.3) is 10.2 Å². The smallest absolute Gasteiger partial charge is 0.282 e. The zero-order chi connectivity index (χ0) is 16.3. The van der Waals surface area contributed by atoms with E-state index in [0.29, 0.717) is 18.9 Å². The Morgan fingerprint density at radius 2 is 2.27 bits per heavy atom. The van der Waals surface area contributed by atoms with Gasteiger partial charge in [-0.25, -0.2) is 0 Å². The molecule has 1 aliphatic heterocycles. The van der Waals surface area contributed by atoms with Gasteiger partial charge in [0.2, 0.25) is 0 Å². The maximum atomic E-state index is 12.6. The zero-order valence-corrected chi connectivity index (χ0v) is 13.8. The molecule has 2 heterocycles. The number of morpholine rings is 1. The highest BCUT2D eigenvalue weighted by atomic mass is 32.2. The number of rotatable bonds is 5. The summed E-state index contributed by atoms with van der Waals surface area (Å²) in [5.41, 5.74) is 0. The van der Waals surface area contributed by atoms with E-state index in [1.807, 2.05) is 19.1 Å². The van der Waals surface area contributed by atoms with E-state index < -0.39 is 16.3 Å². The summed E-state index contributed by atoms with van der Waals surface area (Å²) in [5, 5.41) is 8.74. The van der Waals surface area contributed by atoms with Crippen LogP contribution < -0.4 is 0 Å². The van der Waals surface area contributed by atoms with Gasteiger partial charge in [-0.3, -0.25) is 0 Å². The summed E-state index contributed by atoms with van der Waals surface area (Å²) in [5.74, 6) is 1.39. The molecular weight excluding hydrogens is 306 g/mol. The van der Waals surface area contributed by atoms with Crippen LogP contribution in [0.15, 0.2) is 16.5 Å². The fraction of sp³-hybridized carbons (Fsp3) is 0.643. The monoisotopic (exact) mass is 327 g/mol. The first-order chi connectivity index (χ1) is 10.4. The molecule has 0 aromatic carbocycles. The molecule has 8 heteroatoms. The summed E-state index contributed by atoms with van der Waals surface area (Å²) in [7, 11) is -2.12. The van der Waals surface area contributed by atoms with Crippen LogP contribution in [0.1, 0.15) is 31.0 Å². The molecule has 0 unspecified atom stereocenters. The van der Waals surface area contributed by atoms with Crippen LogP contribution in [0.4, 0.5) is 0 Å². The second-order valence-corrected chi connectivity index (χ2v) is 7.39. The SMILES string of the molecule is Cc1ccc([C@@H]2CN(S(=O)(=O)N(C)[C@H](C)CC#N)CCO2)o1. The summed E-state index contributed by atoms with van der Waals surface area (Å²) in [6.45, 7) is 4.36. The van der Waals surface area contributed by atoms with Gasteiger partial charge in [-0.2, -0.15) is 22.3 Å². The van der Waals surface area contributed by atoms with Crippen molar-refractivity contribution in [2.24, 2.45) is 0 Å².